The fourth-order valence-corrected chi connectivity index (χ4v) is 10.2. The van der Waals surface area contributed by atoms with Crippen molar-refractivity contribution in [2.45, 2.75) is 238 Å². The van der Waals surface area contributed by atoms with Gasteiger partial charge >= 0.3 is 11.9 Å². The first-order valence-electron chi connectivity index (χ1n) is 24.0. The van der Waals surface area contributed by atoms with Gasteiger partial charge in [-0.15, -0.1) is 0 Å². The normalized spacial score (nSPS) is 13.7. The molecule has 0 bridgehead atoms. The molecule has 0 radical (unpaired) electrons. The molecule has 1 aliphatic rings. The number of rotatable bonds is 41. The highest BCUT2D eigenvalue weighted by Gasteiger charge is 2.24. The lowest BCUT2D eigenvalue weighted by Gasteiger charge is -2.33. The summed E-state index contributed by atoms with van der Waals surface area (Å²) in [6, 6.07) is 0.324. The maximum Gasteiger partial charge on any atom is 0.306 e. The third-order valence-corrected chi connectivity index (χ3v) is 14.0. The fraction of sp³-hybridized carbons (Fsp3) is 0.936. The minimum absolute atomic E-state index is 0.0115. The summed E-state index contributed by atoms with van der Waals surface area (Å²) in [5.74, 6) is 2.34. The number of esters is 2. The average Bonchev–Trinajstić information content (AvgIpc) is 3.72. The van der Waals surface area contributed by atoms with Gasteiger partial charge in [0.25, 0.3) is 0 Å². The molecule has 0 aliphatic carbocycles. The molecule has 0 aromatic heterocycles. The van der Waals surface area contributed by atoms with Crippen LogP contribution in [0, 0.1) is 0 Å². The van der Waals surface area contributed by atoms with E-state index in [-0.39, 0.29) is 18.0 Å². The number of unbranched alkanes of at least 4 members (excludes halogenated alkanes) is 17. The summed E-state index contributed by atoms with van der Waals surface area (Å²) in [4.78, 5) is 43.0. The van der Waals surface area contributed by atoms with E-state index in [0.29, 0.717) is 31.2 Å². The van der Waals surface area contributed by atoms with E-state index in [0.717, 1.165) is 102 Å². The average molecular weight is 827 g/mol. The van der Waals surface area contributed by atoms with E-state index in [1.807, 2.05) is 21.6 Å². The van der Waals surface area contributed by atoms with Crippen LogP contribution >= 0.6 is 21.6 Å². The van der Waals surface area contributed by atoms with Gasteiger partial charge in [0.2, 0.25) is 5.91 Å². The van der Waals surface area contributed by atoms with Crippen molar-refractivity contribution in [3.05, 3.63) is 0 Å². The monoisotopic (exact) mass is 827 g/mol. The van der Waals surface area contributed by atoms with Crippen molar-refractivity contribution in [2.24, 2.45) is 0 Å². The predicted molar refractivity (Wildman–Crippen MR) is 244 cm³/mol. The minimum Gasteiger partial charge on any atom is -0.469 e. The number of amides is 1. The minimum atomic E-state index is -0.106. The van der Waals surface area contributed by atoms with E-state index in [9.17, 15) is 14.4 Å². The molecular formula is C47H90N2O5S2. The van der Waals surface area contributed by atoms with Crippen molar-refractivity contribution in [3.63, 3.8) is 0 Å². The molecule has 1 atom stereocenters. The number of ether oxygens (including phenoxy) is 2. The molecule has 7 nitrogen and oxygen atoms in total. The van der Waals surface area contributed by atoms with E-state index < -0.39 is 0 Å². The van der Waals surface area contributed by atoms with Crippen molar-refractivity contribution in [2.75, 3.05) is 44.8 Å². The van der Waals surface area contributed by atoms with E-state index in [2.05, 4.69) is 30.6 Å². The highest BCUT2D eigenvalue weighted by Crippen LogP contribution is 2.26. The Labute approximate surface area is 354 Å². The first kappa shape index (κ1) is 53.1. The van der Waals surface area contributed by atoms with Gasteiger partial charge in [-0.25, -0.2) is 0 Å². The largest absolute Gasteiger partial charge is 0.469 e. The van der Waals surface area contributed by atoms with Gasteiger partial charge in [0.05, 0.1) is 7.11 Å². The number of nitrogens with zero attached hydrogens (tertiary/aromatic N) is 2. The summed E-state index contributed by atoms with van der Waals surface area (Å²) < 4.78 is 10.8. The van der Waals surface area contributed by atoms with Gasteiger partial charge in [0, 0.05) is 43.4 Å². The van der Waals surface area contributed by atoms with Crippen molar-refractivity contribution in [1.82, 2.24) is 9.80 Å². The Hall–Kier alpha value is -0.930. The summed E-state index contributed by atoms with van der Waals surface area (Å²) in [7, 11) is 5.27. The summed E-state index contributed by atoms with van der Waals surface area (Å²) in [6.45, 7) is 11.1. The lowest BCUT2D eigenvalue weighted by Crippen LogP contribution is -2.42. The standard InChI is InChI=1S/C47H90N2O5S2/c1-5-8-11-23-32-44(33-24-12-9-6-2)54-47(52)35-26-20-16-14-18-22-31-43(30-21-17-13-15-19-25-34-46(51)53-4)49(40-29-39-48-37-27-28-38-48)45(50)36-42-56-55-41-10-7-3/h43-44H,5-42H2,1-4H3. The Morgan fingerprint density at radius 3 is 1.59 bits per heavy atom. The van der Waals surface area contributed by atoms with Crippen LogP contribution < -0.4 is 0 Å². The van der Waals surface area contributed by atoms with Crippen molar-refractivity contribution < 1.29 is 23.9 Å². The molecule has 56 heavy (non-hydrogen) atoms. The molecule has 0 N–H and O–H groups in total. The van der Waals surface area contributed by atoms with Gasteiger partial charge in [0.1, 0.15) is 6.10 Å². The molecule has 0 saturated carbocycles. The highest BCUT2D eigenvalue weighted by atomic mass is 33.1. The second-order valence-electron chi connectivity index (χ2n) is 16.6. The lowest BCUT2D eigenvalue weighted by molar-refractivity contribution is -0.150. The molecule has 1 heterocycles. The second kappa shape index (κ2) is 39.5. The van der Waals surface area contributed by atoms with Gasteiger partial charge in [-0.3, -0.25) is 14.4 Å². The quantitative estimate of drug-likeness (QED) is 0.0343. The topological polar surface area (TPSA) is 76.2 Å². The molecule has 0 aromatic rings. The van der Waals surface area contributed by atoms with E-state index in [1.165, 1.54) is 129 Å². The van der Waals surface area contributed by atoms with Crippen LogP contribution in [0.2, 0.25) is 0 Å². The van der Waals surface area contributed by atoms with Crippen LogP contribution in [-0.2, 0) is 23.9 Å². The Morgan fingerprint density at radius 2 is 1.04 bits per heavy atom. The van der Waals surface area contributed by atoms with E-state index in [4.69, 9.17) is 9.47 Å². The maximum absolute atomic E-state index is 13.9. The van der Waals surface area contributed by atoms with Crippen molar-refractivity contribution in [1.29, 1.82) is 0 Å². The van der Waals surface area contributed by atoms with Crippen LogP contribution in [-0.4, -0.2) is 84.6 Å². The molecule has 1 unspecified atom stereocenters. The van der Waals surface area contributed by atoms with Crippen molar-refractivity contribution >= 4 is 39.4 Å². The molecule has 1 aliphatic heterocycles. The Morgan fingerprint density at radius 1 is 0.554 bits per heavy atom. The van der Waals surface area contributed by atoms with Crippen LogP contribution in [0.5, 0.6) is 0 Å². The molecule has 1 saturated heterocycles. The molecule has 330 valence electrons. The third kappa shape index (κ3) is 31.1. The second-order valence-corrected chi connectivity index (χ2v) is 19.3. The number of hydrogen-bond donors (Lipinski definition) is 0. The molecule has 1 rings (SSSR count). The van der Waals surface area contributed by atoms with Crippen LogP contribution in [0.1, 0.15) is 226 Å². The van der Waals surface area contributed by atoms with Gasteiger partial charge < -0.3 is 19.3 Å². The SMILES string of the molecule is CCCCCCC(CCCCCC)OC(=O)CCCCCCCCC(CCCCCCCCC(=O)OC)N(CCCN1CCCC1)C(=O)CCSSCCCC. The Bertz CT molecular complexity index is 907. The first-order valence-corrected chi connectivity index (χ1v) is 26.5. The molecule has 0 aromatic carbocycles. The number of hydrogen-bond acceptors (Lipinski definition) is 8. The number of likely N-dealkylation sites (tertiary alicyclic amines) is 1. The molecule has 0 spiro atoms. The molecule has 9 heteroatoms. The Kier molecular flexibility index (Phi) is 37.5. The van der Waals surface area contributed by atoms with Gasteiger partial charge in [0.15, 0.2) is 0 Å². The van der Waals surface area contributed by atoms with Crippen LogP contribution in [0.4, 0.5) is 0 Å². The van der Waals surface area contributed by atoms with Gasteiger partial charge in [-0.1, -0.05) is 152 Å². The predicted octanol–water partition coefficient (Wildman–Crippen LogP) is 13.5. The summed E-state index contributed by atoms with van der Waals surface area (Å²) in [5, 5.41) is 0. The van der Waals surface area contributed by atoms with Crippen LogP contribution in [0.25, 0.3) is 0 Å². The van der Waals surface area contributed by atoms with Crippen LogP contribution in [0.3, 0.4) is 0 Å². The fourth-order valence-electron chi connectivity index (χ4n) is 7.95. The number of carbonyl (C=O) groups is 3. The smallest absolute Gasteiger partial charge is 0.306 e. The molecular weight excluding hydrogens is 737 g/mol. The van der Waals surface area contributed by atoms with E-state index >= 15 is 0 Å². The van der Waals surface area contributed by atoms with Crippen molar-refractivity contribution in [3.8, 4) is 0 Å². The van der Waals surface area contributed by atoms with E-state index in [1.54, 1.807) is 0 Å². The first-order chi connectivity index (χ1) is 27.4. The summed E-state index contributed by atoms with van der Waals surface area (Å²) in [5.41, 5.74) is 0. The maximum atomic E-state index is 13.9. The number of carbonyl (C=O) groups excluding carboxylic acids is 3. The lowest BCUT2D eigenvalue weighted by atomic mass is 9.98. The number of methoxy groups -OCH3 is 1. The third-order valence-electron chi connectivity index (χ3n) is 11.5. The van der Waals surface area contributed by atoms with Gasteiger partial charge in [-0.05, 0) is 96.7 Å². The molecule has 1 fully saturated rings. The Balaban J connectivity index is 2.62. The van der Waals surface area contributed by atoms with Crippen LogP contribution in [0.15, 0.2) is 0 Å². The van der Waals surface area contributed by atoms with Gasteiger partial charge in [-0.2, -0.15) is 0 Å². The zero-order chi connectivity index (χ0) is 40.7. The highest BCUT2D eigenvalue weighted by molar-refractivity contribution is 8.76. The zero-order valence-electron chi connectivity index (χ0n) is 37.3. The molecule has 1 amide bonds. The summed E-state index contributed by atoms with van der Waals surface area (Å²) in [6.07, 6.45) is 35.5. The summed E-state index contributed by atoms with van der Waals surface area (Å²) >= 11 is 0. The zero-order valence-corrected chi connectivity index (χ0v) is 38.9.